The highest BCUT2D eigenvalue weighted by atomic mass is 127. The van der Waals surface area contributed by atoms with Gasteiger partial charge in [0.1, 0.15) is 5.82 Å². The highest BCUT2D eigenvalue weighted by Gasteiger charge is 2.22. The minimum atomic E-state index is -0.203. The van der Waals surface area contributed by atoms with E-state index in [-0.39, 0.29) is 48.2 Å². The topological polar surface area (TPSA) is 85.8 Å². The van der Waals surface area contributed by atoms with Crippen molar-refractivity contribution < 1.29 is 14.0 Å². The van der Waals surface area contributed by atoms with Crippen LogP contribution in [0.3, 0.4) is 0 Å². The van der Waals surface area contributed by atoms with Gasteiger partial charge in [-0.15, -0.1) is 24.0 Å². The predicted molar refractivity (Wildman–Crippen MR) is 134 cm³/mol. The van der Waals surface area contributed by atoms with E-state index in [0.29, 0.717) is 56.2 Å². The van der Waals surface area contributed by atoms with Crippen molar-refractivity contribution in [3.8, 4) is 0 Å². The van der Waals surface area contributed by atoms with Gasteiger partial charge in [0.25, 0.3) is 5.91 Å². The average molecular weight is 553 g/mol. The van der Waals surface area contributed by atoms with E-state index in [1.54, 1.807) is 29.2 Å². The molecule has 0 aromatic heterocycles. The van der Waals surface area contributed by atoms with Crippen molar-refractivity contribution in [2.75, 3.05) is 32.7 Å². The Hall–Kier alpha value is -2.69. The van der Waals surface area contributed by atoms with Crippen molar-refractivity contribution in [1.29, 1.82) is 0 Å². The van der Waals surface area contributed by atoms with Gasteiger partial charge in [0.2, 0.25) is 5.91 Å². The van der Waals surface area contributed by atoms with Gasteiger partial charge in [0.05, 0.1) is 13.1 Å². The van der Waals surface area contributed by atoms with Crippen LogP contribution in [0.5, 0.6) is 0 Å². The lowest BCUT2D eigenvalue weighted by atomic mass is 10.1. The van der Waals surface area contributed by atoms with Crippen LogP contribution >= 0.6 is 24.0 Å². The second kappa shape index (κ2) is 13.0. The molecule has 2 aromatic carbocycles. The smallest absolute Gasteiger partial charge is 0.254 e. The third-order valence-corrected chi connectivity index (χ3v) is 4.94. The first-order valence-electron chi connectivity index (χ1n) is 10.5. The number of piperazine rings is 1. The van der Waals surface area contributed by atoms with E-state index < -0.39 is 0 Å². The van der Waals surface area contributed by atoms with Gasteiger partial charge in [-0.05, 0) is 42.7 Å². The largest absolute Gasteiger partial charge is 0.357 e. The van der Waals surface area contributed by atoms with Crippen LogP contribution in [0.15, 0.2) is 53.5 Å². The number of carbonyl (C=O) groups is 2. The molecule has 0 spiro atoms. The molecule has 0 radical (unpaired) electrons. The number of hydrogen-bond acceptors (Lipinski definition) is 3. The van der Waals surface area contributed by atoms with Crippen LogP contribution in [-0.2, 0) is 17.8 Å². The van der Waals surface area contributed by atoms with Crippen LogP contribution in [0.25, 0.3) is 0 Å². The van der Waals surface area contributed by atoms with Crippen molar-refractivity contribution in [1.82, 2.24) is 20.9 Å². The van der Waals surface area contributed by atoms with E-state index in [1.807, 2.05) is 25.1 Å². The van der Waals surface area contributed by atoms with Gasteiger partial charge >= 0.3 is 0 Å². The van der Waals surface area contributed by atoms with E-state index in [1.165, 1.54) is 6.07 Å². The van der Waals surface area contributed by atoms with Gasteiger partial charge in [0.15, 0.2) is 5.96 Å². The van der Waals surface area contributed by atoms with Gasteiger partial charge in [-0.25, -0.2) is 9.38 Å². The number of halogens is 2. The molecule has 1 aliphatic rings. The maximum absolute atomic E-state index is 13.7. The Kier molecular flexibility index (Phi) is 10.4. The third-order valence-electron chi connectivity index (χ3n) is 4.94. The molecule has 3 rings (SSSR count). The summed E-state index contributed by atoms with van der Waals surface area (Å²) in [4.78, 5) is 30.1. The summed E-state index contributed by atoms with van der Waals surface area (Å²) in [7, 11) is 0. The summed E-state index contributed by atoms with van der Waals surface area (Å²) >= 11 is 0. The summed E-state index contributed by atoms with van der Waals surface area (Å²) in [5.41, 5.74) is 2.17. The number of amides is 2. The molecule has 9 heteroatoms. The first-order valence-corrected chi connectivity index (χ1v) is 10.5. The highest BCUT2D eigenvalue weighted by Crippen LogP contribution is 2.10. The summed E-state index contributed by atoms with van der Waals surface area (Å²) in [6.07, 6.45) is 0.558. The maximum atomic E-state index is 13.7. The maximum Gasteiger partial charge on any atom is 0.254 e. The lowest BCUT2D eigenvalue weighted by Gasteiger charge is -2.26. The van der Waals surface area contributed by atoms with Crippen LogP contribution in [0, 0.1) is 5.82 Å². The molecule has 0 aliphatic carbocycles. The van der Waals surface area contributed by atoms with Gasteiger partial charge < -0.3 is 20.9 Å². The fourth-order valence-electron chi connectivity index (χ4n) is 3.28. The number of nitrogens with zero attached hydrogens (tertiary/aromatic N) is 2. The molecule has 7 nitrogen and oxygen atoms in total. The van der Waals surface area contributed by atoms with Crippen LogP contribution < -0.4 is 16.0 Å². The first kappa shape index (κ1) is 25.6. The monoisotopic (exact) mass is 553 g/mol. The number of guanidine groups is 1. The molecular formula is C23H29FIN5O2. The lowest BCUT2D eigenvalue weighted by molar-refractivity contribution is -0.123. The van der Waals surface area contributed by atoms with Crippen LogP contribution in [0.1, 0.15) is 28.4 Å². The molecule has 1 fully saturated rings. The number of rotatable bonds is 7. The summed E-state index contributed by atoms with van der Waals surface area (Å²) < 4.78 is 13.7. The number of aliphatic imine (C=N–C) groups is 1. The van der Waals surface area contributed by atoms with E-state index in [9.17, 15) is 14.0 Å². The zero-order valence-corrected chi connectivity index (χ0v) is 20.4. The SMILES string of the molecule is CCNC(=NCc1ccc(C(=O)N2CCNC(=O)C2)cc1)NCCc1ccccc1F.I. The highest BCUT2D eigenvalue weighted by molar-refractivity contribution is 14.0. The molecule has 0 atom stereocenters. The van der Waals surface area contributed by atoms with Crippen molar-refractivity contribution in [2.45, 2.75) is 19.9 Å². The van der Waals surface area contributed by atoms with Crippen LogP contribution in [0.2, 0.25) is 0 Å². The summed E-state index contributed by atoms with van der Waals surface area (Å²) in [6.45, 7) is 4.78. The van der Waals surface area contributed by atoms with Gasteiger partial charge in [-0.1, -0.05) is 30.3 Å². The lowest BCUT2D eigenvalue weighted by Crippen LogP contribution is -2.49. The predicted octanol–water partition coefficient (Wildman–Crippen LogP) is 2.31. The van der Waals surface area contributed by atoms with Crippen molar-refractivity contribution >= 4 is 41.8 Å². The standard InChI is InChI=1S/C23H28FN5O2.HI/c1-2-25-23(27-12-11-18-5-3-4-6-20(18)24)28-15-17-7-9-19(10-8-17)22(31)29-14-13-26-21(30)16-29;/h3-10H,2,11-16H2,1H3,(H,26,30)(H2,25,27,28);1H. The molecule has 1 aliphatic heterocycles. The average Bonchev–Trinajstić information content (AvgIpc) is 2.78. The molecule has 0 saturated carbocycles. The molecule has 1 saturated heterocycles. The minimum Gasteiger partial charge on any atom is -0.357 e. The Labute approximate surface area is 204 Å². The van der Waals surface area contributed by atoms with Crippen molar-refractivity contribution in [3.63, 3.8) is 0 Å². The van der Waals surface area contributed by atoms with Gasteiger partial charge in [0, 0.05) is 31.7 Å². The third kappa shape index (κ3) is 7.47. The number of nitrogens with one attached hydrogen (secondary N) is 3. The molecule has 0 unspecified atom stereocenters. The zero-order valence-electron chi connectivity index (χ0n) is 18.1. The van der Waals surface area contributed by atoms with E-state index in [4.69, 9.17) is 0 Å². The fourth-order valence-corrected chi connectivity index (χ4v) is 3.28. The Morgan fingerprint density at radius 3 is 2.59 bits per heavy atom. The summed E-state index contributed by atoms with van der Waals surface area (Å²) in [6, 6.07) is 14.0. The Bertz CT molecular complexity index is 936. The number of carbonyl (C=O) groups excluding carboxylic acids is 2. The Balaban J connectivity index is 0.00000363. The summed E-state index contributed by atoms with van der Waals surface area (Å²) in [5.74, 6) is 0.168. The second-order valence-corrected chi connectivity index (χ2v) is 7.24. The second-order valence-electron chi connectivity index (χ2n) is 7.24. The van der Waals surface area contributed by atoms with E-state index in [2.05, 4.69) is 20.9 Å². The molecule has 0 bridgehead atoms. The van der Waals surface area contributed by atoms with E-state index >= 15 is 0 Å². The molecule has 2 aromatic rings. The Morgan fingerprint density at radius 2 is 1.91 bits per heavy atom. The fraction of sp³-hybridized carbons (Fsp3) is 0.348. The summed E-state index contributed by atoms with van der Waals surface area (Å²) in [5, 5.41) is 9.11. The van der Waals surface area contributed by atoms with Crippen LogP contribution in [-0.4, -0.2) is 55.4 Å². The minimum absolute atomic E-state index is 0. The molecule has 32 heavy (non-hydrogen) atoms. The quantitative estimate of drug-likeness (QED) is 0.279. The van der Waals surface area contributed by atoms with Gasteiger partial charge in [-0.2, -0.15) is 0 Å². The molecule has 172 valence electrons. The molecule has 3 N–H and O–H groups in total. The molecule has 2 amide bonds. The first-order chi connectivity index (χ1) is 15.1. The molecular weight excluding hydrogens is 524 g/mol. The van der Waals surface area contributed by atoms with Crippen molar-refractivity contribution in [2.24, 2.45) is 4.99 Å². The van der Waals surface area contributed by atoms with Crippen LogP contribution in [0.4, 0.5) is 4.39 Å². The normalized spacial score (nSPS) is 13.8. The molecule has 1 heterocycles. The van der Waals surface area contributed by atoms with Crippen molar-refractivity contribution in [3.05, 3.63) is 71.0 Å². The van der Waals surface area contributed by atoms with E-state index in [0.717, 1.165) is 5.56 Å². The Morgan fingerprint density at radius 1 is 1.16 bits per heavy atom. The zero-order chi connectivity index (χ0) is 22.1. The van der Waals surface area contributed by atoms with Gasteiger partial charge in [-0.3, -0.25) is 9.59 Å². The number of hydrogen-bond donors (Lipinski definition) is 3. The number of benzene rings is 2.